The number of methoxy groups -OCH3 is 1. The van der Waals surface area contributed by atoms with Gasteiger partial charge in [-0.3, -0.25) is 9.59 Å². The number of ether oxygens (including phenoxy) is 1. The van der Waals surface area contributed by atoms with E-state index in [1.165, 1.54) is 25.0 Å². The summed E-state index contributed by atoms with van der Waals surface area (Å²) in [5, 5.41) is 3.19. The Bertz CT molecular complexity index is 872. The lowest BCUT2D eigenvalue weighted by atomic mass is 10.1. The fourth-order valence-corrected chi connectivity index (χ4v) is 3.07. The van der Waals surface area contributed by atoms with Crippen molar-refractivity contribution in [3.8, 4) is 0 Å². The monoisotopic (exact) mass is 388 g/mol. The van der Waals surface area contributed by atoms with Crippen molar-refractivity contribution in [3.63, 3.8) is 0 Å². The summed E-state index contributed by atoms with van der Waals surface area (Å²) in [5.41, 5.74) is 3.04. The third-order valence-corrected chi connectivity index (χ3v) is 4.26. The molecule has 0 bridgehead atoms. The normalized spacial score (nSPS) is 10.3. The fourth-order valence-electron chi connectivity index (χ4n) is 2.70. The molecule has 27 heavy (non-hydrogen) atoms. The first-order valence-corrected chi connectivity index (χ1v) is 8.63. The first-order chi connectivity index (χ1) is 12.7. The Morgan fingerprint density at radius 2 is 1.85 bits per heavy atom. The summed E-state index contributed by atoms with van der Waals surface area (Å²) in [6.45, 7) is 4.89. The molecule has 6 nitrogen and oxygen atoms in total. The van der Waals surface area contributed by atoms with Crippen molar-refractivity contribution in [2.24, 2.45) is 0 Å². The molecule has 2 rings (SSSR count). The zero-order valence-electron chi connectivity index (χ0n) is 15.6. The van der Waals surface area contributed by atoms with Gasteiger partial charge in [0.1, 0.15) is 6.54 Å². The number of aryl methyl sites for hydroxylation is 2. The van der Waals surface area contributed by atoms with Crippen LogP contribution in [0.3, 0.4) is 0 Å². The molecular weight excluding hydrogens is 368 g/mol. The molecule has 0 aliphatic heterocycles. The highest BCUT2D eigenvalue weighted by Crippen LogP contribution is 2.27. The van der Waals surface area contributed by atoms with Gasteiger partial charge >= 0.3 is 5.97 Å². The van der Waals surface area contributed by atoms with Crippen molar-refractivity contribution in [1.82, 2.24) is 0 Å². The van der Waals surface area contributed by atoms with Crippen LogP contribution in [0, 0.1) is 13.8 Å². The van der Waals surface area contributed by atoms with Crippen molar-refractivity contribution in [1.29, 1.82) is 0 Å². The predicted molar refractivity (Wildman–Crippen MR) is 105 cm³/mol. The Hall–Kier alpha value is -2.86. The fraction of sp³-hybridized carbons (Fsp3) is 0.250. The van der Waals surface area contributed by atoms with Gasteiger partial charge in [0.25, 0.3) is 0 Å². The van der Waals surface area contributed by atoms with Crippen LogP contribution in [-0.4, -0.2) is 31.4 Å². The molecule has 0 unspecified atom stereocenters. The topological polar surface area (TPSA) is 75.7 Å². The van der Waals surface area contributed by atoms with Gasteiger partial charge < -0.3 is 15.0 Å². The average Bonchev–Trinajstić information content (AvgIpc) is 2.61. The van der Waals surface area contributed by atoms with Crippen LogP contribution in [0.4, 0.5) is 11.4 Å². The third-order valence-electron chi connectivity index (χ3n) is 3.96. The highest BCUT2D eigenvalue weighted by atomic mass is 35.5. The molecule has 2 amide bonds. The van der Waals surface area contributed by atoms with E-state index in [4.69, 9.17) is 16.3 Å². The number of nitrogens with zero attached hydrogens (tertiary/aromatic N) is 1. The van der Waals surface area contributed by atoms with Crippen molar-refractivity contribution in [2.75, 3.05) is 23.9 Å². The van der Waals surface area contributed by atoms with Gasteiger partial charge in [0, 0.05) is 12.6 Å². The second kappa shape index (κ2) is 8.68. The minimum absolute atomic E-state index is 0.219. The number of amides is 2. The molecule has 2 aromatic carbocycles. The zero-order chi connectivity index (χ0) is 20.1. The molecule has 1 N–H and O–H groups in total. The van der Waals surface area contributed by atoms with Crippen molar-refractivity contribution >= 4 is 40.8 Å². The molecule has 142 valence electrons. The van der Waals surface area contributed by atoms with E-state index >= 15 is 0 Å². The highest BCUT2D eigenvalue weighted by molar-refractivity contribution is 6.34. The number of esters is 1. The summed E-state index contributed by atoms with van der Waals surface area (Å²) < 4.78 is 4.69. The molecule has 0 aromatic heterocycles. The number of rotatable bonds is 5. The molecule has 0 saturated heterocycles. The average molecular weight is 389 g/mol. The van der Waals surface area contributed by atoms with E-state index in [2.05, 4.69) is 5.32 Å². The molecular formula is C20H21ClN2O4. The van der Waals surface area contributed by atoms with Crippen molar-refractivity contribution < 1.29 is 19.1 Å². The molecule has 0 aliphatic rings. The van der Waals surface area contributed by atoms with Gasteiger partial charge in [0.2, 0.25) is 11.8 Å². The predicted octanol–water partition coefficient (Wildman–Crippen LogP) is 3.74. The Morgan fingerprint density at radius 1 is 1.15 bits per heavy atom. The highest BCUT2D eigenvalue weighted by Gasteiger charge is 2.19. The Labute approximate surface area is 163 Å². The molecule has 2 aromatic rings. The molecule has 0 aliphatic carbocycles. The number of anilines is 2. The van der Waals surface area contributed by atoms with Gasteiger partial charge in [0.05, 0.1) is 23.4 Å². The lowest BCUT2D eigenvalue weighted by Crippen LogP contribution is -2.37. The van der Waals surface area contributed by atoms with Gasteiger partial charge in [-0.05, 0) is 49.2 Å². The van der Waals surface area contributed by atoms with Crippen LogP contribution >= 0.6 is 11.6 Å². The van der Waals surface area contributed by atoms with Crippen molar-refractivity contribution in [3.05, 3.63) is 58.1 Å². The van der Waals surface area contributed by atoms with Crippen LogP contribution < -0.4 is 10.2 Å². The van der Waals surface area contributed by atoms with Gasteiger partial charge in [-0.1, -0.05) is 23.7 Å². The number of carbonyl (C=O) groups is 3. The summed E-state index contributed by atoms with van der Waals surface area (Å²) in [5.74, 6) is -1.26. The van der Waals surface area contributed by atoms with E-state index in [1.807, 2.05) is 19.9 Å². The molecule has 0 radical (unpaired) electrons. The lowest BCUT2D eigenvalue weighted by Gasteiger charge is -2.22. The number of hydrogen-bond donors (Lipinski definition) is 1. The van der Waals surface area contributed by atoms with E-state index < -0.39 is 11.9 Å². The van der Waals surface area contributed by atoms with E-state index in [-0.39, 0.29) is 12.5 Å². The third kappa shape index (κ3) is 5.08. The first-order valence-electron chi connectivity index (χ1n) is 8.26. The van der Waals surface area contributed by atoms with Crippen molar-refractivity contribution in [2.45, 2.75) is 20.8 Å². The minimum Gasteiger partial charge on any atom is -0.465 e. The van der Waals surface area contributed by atoms with Crippen LogP contribution in [0.2, 0.25) is 5.02 Å². The smallest absolute Gasteiger partial charge is 0.337 e. The van der Waals surface area contributed by atoms with Gasteiger partial charge in [-0.15, -0.1) is 0 Å². The summed E-state index contributed by atoms with van der Waals surface area (Å²) in [6.07, 6.45) is 0. The van der Waals surface area contributed by atoms with E-state index in [0.717, 1.165) is 11.1 Å². The number of halogens is 1. The van der Waals surface area contributed by atoms with Crippen LogP contribution in [0.5, 0.6) is 0 Å². The summed E-state index contributed by atoms with van der Waals surface area (Å²) >= 11 is 6.22. The molecule has 0 saturated carbocycles. The van der Waals surface area contributed by atoms with Crippen LogP contribution in [-0.2, 0) is 14.3 Å². The Kier molecular flexibility index (Phi) is 6.58. The maximum Gasteiger partial charge on any atom is 0.337 e. The second-order valence-corrected chi connectivity index (χ2v) is 6.54. The van der Waals surface area contributed by atoms with E-state index in [9.17, 15) is 14.4 Å². The SMILES string of the molecule is COC(=O)c1cccc(N(CC(=O)Nc2c(C)cc(C)cc2Cl)C(C)=O)c1. The van der Waals surface area contributed by atoms with Gasteiger partial charge in [0.15, 0.2) is 0 Å². The van der Waals surface area contributed by atoms with E-state index in [1.54, 1.807) is 24.3 Å². The van der Waals surface area contributed by atoms with Crippen LogP contribution in [0.25, 0.3) is 0 Å². The molecule has 0 heterocycles. The van der Waals surface area contributed by atoms with E-state index in [0.29, 0.717) is 22.0 Å². The summed E-state index contributed by atoms with van der Waals surface area (Å²) in [4.78, 5) is 37.6. The standard InChI is InChI=1S/C20H21ClN2O4/c1-12-8-13(2)19(17(21)9-12)22-18(25)11-23(14(3)24)16-7-5-6-15(10-16)20(26)27-4/h5-10H,11H2,1-4H3,(H,22,25). The number of benzene rings is 2. The largest absolute Gasteiger partial charge is 0.465 e. The quantitative estimate of drug-likeness (QED) is 0.792. The number of nitrogens with one attached hydrogen (secondary N) is 1. The minimum atomic E-state index is -0.521. The first kappa shape index (κ1) is 20.5. The maximum absolute atomic E-state index is 12.5. The summed E-state index contributed by atoms with van der Waals surface area (Å²) in [6, 6.07) is 10.0. The summed E-state index contributed by atoms with van der Waals surface area (Å²) in [7, 11) is 1.28. The molecule has 0 spiro atoms. The number of carbonyl (C=O) groups excluding carboxylic acids is 3. The van der Waals surface area contributed by atoms with Crippen LogP contribution in [0.1, 0.15) is 28.4 Å². The molecule has 0 fully saturated rings. The Morgan fingerprint density at radius 3 is 2.44 bits per heavy atom. The number of hydrogen-bond acceptors (Lipinski definition) is 4. The Balaban J connectivity index is 2.23. The molecule has 0 atom stereocenters. The van der Waals surface area contributed by atoms with Crippen LogP contribution in [0.15, 0.2) is 36.4 Å². The zero-order valence-corrected chi connectivity index (χ0v) is 16.4. The van der Waals surface area contributed by atoms with Gasteiger partial charge in [-0.25, -0.2) is 4.79 Å². The second-order valence-electron chi connectivity index (χ2n) is 6.13. The maximum atomic E-state index is 12.5. The van der Waals surface area contributed by atoms with Gasteiger partial charge in [-0.2, -0.15) is 0 Å². The lowest BCUT2D eigenvalue weighted by molar-refractivity contribution is -0.120. The molecule has 7 heteroatoms.